The van der Waals surface area contributed by atoms with Crippen molar-refractivity contribution in [2.45, 2.75) is 26.3 Å². The first-order valence-electron chi connectivity index (χ1n) is 5.98. The van der Waals surface area contributed by atoms with Crippen LogP contribution in [0.1, 0.15) is 20.3 Å². The molecule has 0 aromatic heterocycles. The second kappa shape index (κ2) is 4.96. The van der Waals surface area contributed by atoms with Crippen molar-refractivity contribution in [3.63, 3.8) is 0 Å². The number of nitrogens with two attached hydrogens (primary N) is 1. The van der Waals surface area contributed by atoms with Crippen molar-refractivity contribution in [3.8, 4) is 0 Å². The van der Waals surface area contributed by atoms with E-state index < -0.39 is 0 Å². The topological polar surface area (TPSA) is 41.6 Å². The monoisotopic (exact) mass is 251 g/mol. The molecule has 0 bridgehead atoms. The molecule has 3 nitrogen and oxygen atoms in total. The molecule has 0 saturated carbocycles. The molecule has 0 amide bonds. The van der Waals surface area contributed by atoms with Gasteiger partial charge in [0.05, 0.1) is 23.3 Å². The molecule has 2 atom stereocenters. The Morgan fingerprint density at radius 2 is 2.24 bits per heavy atom. The highest BCUT2D eigenvalue weighted by atomic mass is 35.5. The van der Waals surface area contributed by atoms with Crippen LogP contribution in [0, 0.1) is 5.92 Å². The Bertz CT molecular complexity index is 430. The average Bonchev–Trinajstić information content (AvgIpc) is 2.71. The zero-order chi connectivity index (χ0) is 12.4. The summed E-state index contributed by atoms with van der Waals surface area (Å²) in [5.41, 5.74) is 6.94. The van der Waals surface area contributed by atoms with E-state index in [4.69, 9.17) is 17.3 Å². The Balaban J connectivity index is 2.34. The first-order chi connectivity index (χ1) is 8.15. The molecule has 2 rings (SSSR count). The van der Waals surface area contributed by atoms with E-state index in [1.165, 1.54) is 0 Å². The molecule has 1 heterocycles. The Hall–Kier alpha value is -1.22. The minimum absolute atomic E-state index is 0.319. The number of aliphatic imine (C=N–C) groups is 1. The summed E-state index contributed by atoms with van der Waals surface area (Å²) in [7, 11) is 0. The second-order valence-corrected chi connectivity index (χ2v) is 4.88. The molecule has 92 valence electrons. The van der Waals surface area contributed by atoms with E-state index in [-0.39, 0.29) is 0 Å². The smallest absolute Gasteiger partial charge is 0.196 e. The maximum absolute atomic E-state index is 6.23. The SMILES string of the molecule is CCC(C)C1CN=C(N)N1c1ccccc1Cl. The second-order valence-electron chi connectivity index (χ2n) is 4.47. The van der Waals surface area contributed by atoms with Crippen molar-refractivity contribution in [3.05, 3.63) is 29.3 Å². The number of anilines is 1. The van der Waals surface area contributed by atoms with Crippen molar-refractivity contribution >= 4 is 23.2 Å². The summed E-state index contributed by atoms with van der Waals surface area (Å²) in [6.07, 6.45) is 1.11. The molecule has 17 heavy (non-hydrogen) atoms. The van der Waals surface area contributed by atoms with E-state index in [1.807, 2.05) is 24.3 Å². The number of benzene rings is 1. The molecule has 1 aromatic carbocycles. The van der Waals surface area contributed by atoms with Crippen molar-refractivity contribution in [1.82, 2.24) is 0 Å². The van der Waals surface area contributed by atoms with Gasteiger partial charge < -0.3 is 10.6 Å². The minimum Gasteiger partial charge on any atom is -0.370 e. The fraction of sp³-hybridized carbons (Fsp3) is 0.462. The third-order valence-electron chi connectivity index (χ3n) is 3.43. The molecule has 0 saturated heterocycles. The van der Waals surface area contributed by atoms with E-state index in [1.54, 1.807) is 0 Å². The van der Waals surface area contributed by atoms with Gasteiger partial charge in [-0.05, 0) is 18.1 Å². The summed E-state index contributed by atoms with van der Waals surface area (Å²) < 4.78 is 0. The minimum atomic E-state index is 0.319. The van der Waals surface area contributed by atoms with Crippen LogP contribution in [0.5, 0.6) is 0 Å². The van der Waals surface area contributed by atoms with Crippen LogP contribution in [0.3, 0.4) is 0 Å². The van der Waals surface area contributed by atoms with Crippen LogP contribution in [-0.2, 0) is 0 Å². The van der Waals surface area contributed by atoms with E-state index in [0.29, 0.717) is 17.9 Å². The van der Waals surface area contributed by atoms with Crippen LogP contribution >= 0.6 is 11.6 Å². The van der Waals surface area contributed by atoms with Crippen molar-refractivity contribution in [1.29, 1.82) is 0 Å². The number of nitrogens with zero attached hydrogens (tertiary/aromatic N) is 2. The molecule has 4 heteroatoms. The van der Waals surface area contributed by atoms with E-state index in [2.05, 4.69) is 23.7 Å². The van der Waals surface area contributed by atoms with Gasteiger partial charge in [0, 0.05) is 0 Å². The number of hydrogen-bond donors (Lipinski definition) is 1. The normalized spacial score (nSPS) is 21.5. The number of guanidine groups is 1. The van der Waals surface area contributed by atoms with E-state index >= 15 is 0 Å². The number of rotatable bonds is 3. The van der Waals surface area contributed by atoms with Gasteiger partial charge in [-0.1, -0.05) is 44.0 Å². The summed E-state index contributed by atoms with van der Waals surface area (Å²) >= 11 is 6.23. The molecule has 2 unspecified atom stereocenters. The molecule has 0 aliphatic carbocycles. The molecule has 0 spiro atoms. The van der Waals surface area contributed by atoms with Gasteiger partial charge >= 0.3 is 0 Å². The number of hydrogen-bond acceptors (Lipinski definition) is 3. The zero-order valence-electron chi connectivity index (χ0n) is 10.2. The van der Waals surface area contributed by atoms with Gasteiger partial charge in [0.1, 0.15) is 0 Å². The highest BCUT2D eigenvalue weighted by Gasteiger charge is 2.31. The fourth-order valence-electron chi connectivity index (χ4n) is 2.17. The van der Waals surface area contributed by atoms with Crippen LogP contribution in [0.25, 0.3) is 0 Å². The maximum atomic E-state index is 6.23. The standard InChI is InChI=1S/C13H18ClN3/c1-3-9(2)12-8-16-13(15)17(12)11-7-5-4-6-10(11)14/h4-7,9,12H,3,8H2,1-2H3,(H2,15,16). The Kier molecular flexibility index (Phi) is 3.57. The predicted molar refractivity (Wildman–Crippen MR) is 73.7 cm³/mol. The van der Waals surface area contributed by atoms with Gasteiger partial charge in [0.15, 0.2) is 5.96 Å². The highest BCUT2D eigenvalue weighted by Crippen LogP contribution is 2.31. The lowest BCUT2D eigenvalue weighted by molar-refractivity contribution is 0.462. The van der Waals surface area contributed by atoms with Crippen molar-refractivity contribution in [2.75, 3.05) is 11.4 Å². The predicted octanol–water partition coefficient (Wildman–Crippen LogP) is 2.89. The van der Waals surface area contributed by atoms with Crippen LogP contribution in [0.15, 0.2) is 29.3 Å². The molecule has 1 aromatic rings. The van der Waals surface area contributed by atoms with Gasteiger partial charge in [0.25, 0.3) is 0 Å². The molecule has 0 fully saturated rings. The molecule has 0 radical (unpaired) electrons. The summed E-state index contributed by atoms with van der Waals surface area (Å²) in [6.45, 7) is 5.17. The molecule has 1 aliphatic heterocycles. The van der Waals surface area contributed by atoms with Gasteiger partial charge in [-0.2, -0.15) is 0 Å². The van der Waals surface area contributed by atoms with E-state index in [0.717, 1.165) is 23.7 Å². The van der Waals surface area contributed by atoms with E-state index in [9.17, 15) is 0 Å². The van der Waals surface area contributed by atoms with Gasteiger partial charge in [-0.3, -0.25) is 4.99 Å². The summed E-state index contributed by atoms with van der Waals surface area (Å²) in [6, 6.07) is 8.09. The zero-order valence-corrected chi connectivity index (χ0v) is 11.0. The van der Waals surface area contributed by atoms with Crippen molar-refractivity contribution < 1.29 is 0 Å². The molecular formula is C13H18ClN3. The maximum Gasteiger partial charge on any atom is 0.196 e. The van der Waals surface area contributed by atoms with Gasteiger partial charge in [-0.15, -0.1) is 0 Å². The largest absolute Gasteiger partial charge is 0.370 e. The lowest BCUT2D eigenvalue weighted by atomic mass is 9.98. The average molecular weight is 252 g/mol. The third-order valence-corrected chi connectivity index (χ3v) is 3.75. The van der Waals surface area contributed by atoms with Crippen LogP contribution in [0.2, 0.25) is 5.02 Å². The molecule has 2 N–H and O–H groups in total. The fourth-order valence-corrected chi connectivity index (χ4v) is 2.40. The van der Waals surface area contributed by atoms with Gasteiger partial charge in [0.2, 0.25) is 0 Å². The molecule has 1 aliphatic rings. The highest BCUT2D eigenvalue weighted by molar-refractivity contribution is 6.33. The molecular weight excluding hydrogens is 234 g/mol. The summed E-state index contributed by atoms with van der Waals surface area (Å²) in [5.74, 6) is 1.11. The first-order valence-corrected chi connectivity index (χ1v) is 6.36. The lowest BCUT2D eigenvalue weighted by Gasteiger charge is -2.30. The Morgan fingerprint density at radius 3 is 2.88 bits per heavy atom. The quantitative estimate of drug-likeness (QED) is 0.898. The van der Waals surface area contributed by atoms with Crippen LogP contribution < -0.4 is 10.6 Å². The van der Waals surface area contributed by atoms with Crippen molar-refractivity contribution in [2.24, 2.45) is 16.6 Å². The number of halogens is 1. The van der Waals surface area contributed by atoms with Crippen LogP contribution in [0.4, 0.5) is 5.69 Å². The summed E-state index contributed by atoms with van der Waals surface area (Å²) in [5, 5.41) is 0.723. The Labute approximate surface area is 107 Å². The van der Waals surface area contributed by atoms with Gasteiger partial charge in [-0.25, -0.2) is 0 Å². The summed E-state index contributed by atoms with van der Waals surface area (Å²) in [4.78, 5) is 6.41. The lowest BCUT2D eigenvalue weighted by Crippen LogP contribution is -2.44. The number of para-hydroxylation sites is 1. The first kappa shape index (κ1) is 12.2. The Morgan fingerprint density at radius 1 is 1.53 bits per heavy atom. The third kappa shape index (κ3) is 2.25. The van der Waals surface area contributed by atoms with Crippen LogP contribution in [-0.4, -0.2) is 18.5 Å².